The van der Waals surface area contributed by atoms with Gasteiger partial charge in [-0.1, -0.05) is 19.0 Å². The molecule has 0 radical (unpaired) electrons. The lowest BCUT2D eigenvalue weighted by atomic mass is 10.2. The van der Waals surface area contributed by atoms with E-state index in [1.807, 2.05) is 30.7 Å². The van der Waals surface area contributed by atoms with Crippen molar-refractivity contribution in [3.63, 3.8) is 0 Å². The number of carbonyl (C=O) groups is 1. The molecule has 1 fully saturated rings. The van der Waals surface area contributed by atoms with Crippen molar-refractivity contribution in [1.29, 1.82) is 0 Å². The zero-order valence-electron chi connectivity index (χ0n) is 12.8. The van der Waals surface area contributed by atoms with E-state index in [0.29, 0.717) is 24.8 Å². The normalized spacial score (nSPS) is 15.4. The summed E-state index contributed by atoms with van der Waals surface area (Å²) in [6.07, 6.45) is 0. The summed E-state index contributed by atoms with van der Waals surface area (Å²) < 4.78 is 5.16. The van der Waals surface area contributed by atoms with Crippen LogP contribution in [0.25, 0.3) is 0 Å². The Hall–Kier alpha value is -1.18. The highest BCUT2D eigenvalue weighted by Gasteiger charge is 2.19. The molecule has 0 saturated carbocycles. The number of likely N-dealkylation sites (N-methyl/N-ethyl adjacent to an activating group) is 1. The Morgan fingerprint density at radius 1 is 1.43 bits per heavy atom. The number of nitrogens with one attached hydrogen (secondary N) is 1. The third kappa shape index (κ3) is 5.26. The fourth-order valence-corrected chi connectivity index (χ4v) is 2.11. The average Bonchev–Trinajstić information content (AvgIpc) is 2.88. The number of rotatable bonds is 5. The number of halogens is 1. The molecule has 7 nitrogen and oxygen atoms in total. The molecule has 0 aliphatic carbocycles. The third-order valence-electron chi connectivity index (χ3n) is 3.26. The topological polar surface area (TPSA) is 74.5 Å². The van der Waals surface area contributed by atoms with E-state index in [2.05, 4.69) is 15.5 Å². The Morgan fingerprint density at radius 3 is 2.67 bits per heavy atom. The minimum atomic E-state index is 0. The van der Waals surface area contributed by atoms with Crippen LogP contribution in [0.3, 0.4) is 0 Å². The van der Waals surface area contributed by atoms with Crippen LogP contribution in [-0.2, 0) is 11.3 Å². The Bertz CT molecular complexity index is 446. The molecular formula is C13H24ClN5O2. The van der Waals surface area contributed by atoms with Gasteiger partial charge in [0.25, 0.3) is 0 Å². The molecule has 0 bridgehead atoms. The molecule has 1 aromatic rings. The molecule has 0 aromatic carbocycles. The van der Waals surface area contributed by atoms with Crippen LogP contribution in [0.5, 0.6) is 0 Å². The van der Waals surface area contributed by atoms with Crippen LogP contribution >= 0.6 is 12.4 Å². The molecule has 21 heavy (non-hydrogen) atoms. The van der Waals surface area contributed by atoms with Crippen LogP contribution in [0.15, 0.2) is 4.52 Å². The van der Waals surface area contributed by atoms with Crippen molar-refractivity contribution in [1.82, 2.24) is 25.3 Å². The maximum atomic E-state index is 12.1. The van der Waals surface area contributed by atoms with Crippen LogP contribution in [0.1, 0.15) is 31.5 Å². The number of hydrogen-bond acceptors (Lipinski definition) is 6. The van der Waals surface area contributed by atoms with E-state index in [0.717, 1.165) is 26.2 Å². The molecular weight excluding hydrogens is 294 g/mol. The highest BCUT2D eigenvalue weighted by molar-refractivity contribution is 5.85. The molecule has 1 aromatic heterocycles. The van der Waals surface area contributed by atoms with Crippen LogP contribution in [0.2, 0.25) is 0 Å². The van der Waals surface area contributed by atoms with Crippen LogP contribution in [0.4, 0.5) is 0 Å². The lowest BCUT2D eigenvalue weighted by Crippen LogP contribution is -2.49. The van der Waals surface area contributed by atoms with Crippen LogP contribution in [-0.4, -0.2) is 65.6 Å². The maximum Gasteiger partial charge on any atom is 0.236 e. The number of amides is 1. The van der Waals surface area contributed by atoms with Crippen LogP contribution < -0.4 is 5.32 Å². The van der Waals surface area contributed by atoms with Crippen molar-refractivity contribution < 1.29 is 9.32 Å². The highest BCUT2D eigenvalue weighted by Crippen LogP contribution is 2.11. The number of aromatic nitrogens is 2. The van der Waals surface area contributed by atoms with Gasteiger partial charge >= 0.3 is 0 Å². The van der Waals surface area contributed by atoms with Gasteiger partial charge in [0, 0.05) is 32.1 Å². The van der Waals surface area contributed by atoms with Gasteiger partial charge in [-0.2, -0.15) is 4.98 Å². The Kier molecular flexibility index (Phi) is 7.07. The summed E-state index contributed by atoms with van der Waals surface area (Å²) in [7, 11) is 1.89. The molecule has 1 aliphatic heterocycles. The van der Waals surface area contributed by atoms with Crippen molar-refractivity contribution in [2.45, 2.75) is 26.3 Å². The second-order valence-electron chi connectivity index (χ2n) is 5.51. The Morgan fingerprint density at radius 2 is 2.10 bits per heavy atom. The Balaban J connectivity index is 0.00000220. The molecule has 0 atom stereocenters. The SMILES string of the molecule is CC(C)c1nc(CN(C)CC(=O)N2CCNCC2)no1.Cl. The summed E-state index contributed by atoms with van der Waals surface area (Å²) in [6, 6.07) is 0. The second-order valence-corrected chi connectivity index (χ2v) is 5.51. The predicted molar refractivity (Wildman–Crippen MR) is 81.4 cm³/mol. The zero-order chi connectivity index (χ0) is 14.5. The molecule has 0 spiro atoms. The zero-order valence-corrected chi connectivity index (χ0v) is 13.7. The molecule has 0 unspecified atom stereocenters. The molecule has 8 heteroatoms. The van der Waals surface area contributed by atoms with Gasteiger partial charge in [-0.15, -0.1) is 12.4 Å². The minimum Gasteiger partial charge on any atom is -0.339 e. The second kappa shape index (κ2) is 8.31. The summed E-state index contributed by atoms with van der Waals surface area (Å²) in [4.78, 5) is 20.2. The fraction of sp³-hybridized carbons (Fsp3) is 0.769. The molecule has 1 N–H and O–H groups in total. The van der Waals surface area contributed by atoms with E-state index < -0.39 is 0 Å². The fourth-order valence-electron chi connectivity index (χ4n) is 2.11. The summed E-state index contributed by atoms with van der Waals surface area (Å²) in [5, 5.41) is 7.17. The molecule has 120 valence electrons. The summed E-state index contributed by atoms with van der Waals surface area (Å²) in [6.45, 7) is 8.23. The van der Waals surface area contributed by atoms with E-state index in [4.69, 9.17) is 4.52 Å². The molecule has 2 heterocycles. The first-order chi connectivity index (χ1) is 9.56. The van der Waals surface area contributed by atoms with E-state index in [1.54, 1.807) is 0 Å². The minimum absolute atomic E-state index is 0. The first-order valence-corrected chi connectivity index (χ1v) is 7.05. The number of carbonyl (C=O) groups excluding carboxylic acids is 1. The largest absolute Gasteiger partial charge is 0.339 e. The summed E-state index contributed by atoms with van der Waals surface area (Å²) in [5.41, 5.74) is 0. The maximum absolute atomic E-state index is 12.1. The van der Waals surface area contributed by atoms with Gasteiger partial charge in [0.1, 0.15) is 0 Å². The predicted octanol–water partition coefficient (Wildman–Crippen LogP) is 0.478. The summed E-state index contributed by atoms with van der Waals surface area (Å²) in [5.74, 6) is 1.65. The third-order valence-corrected chi connectivity index (χ3v) is 3.26. The standard InChI is InChI=1S/C13H23N5O2.ClH/c1-10(2)13-15-11(16-20-13)8-17(3)9-12(19)18-6-4-14-5-7-18;/h10,14H,4-9H2,1-3H3;1H. The van der Waals surface area contributed by atoms with Gasteiger partial charge in [0.05, 0.1) is 13.1 Å². The lowest BCUT2D eigenvalue weighted by molar-refractivity contribution is -0.132. The van der Waals surface area contributed by atoms with Gasteiger partial charge < -0.3 is 14.7 Å². The first kappa shape index (κ1) is 17.9. The highest BCUT2D eigenvalue weighted by atomic mass is 35.5. The lowest BCUT2D eigenvalue weighted by Gasteiger charge is -2.29. The average molecular weight is 318 g/mol. The molecule has 1 saturated heterocycles. The molecule has 1 amide bonds. The Labute approximate surface area is 131 Å². The van der Waals surface area contributed by atoms with Gasteiger partial charge in [0.2, 0.25) is 11.8 Å². The number of piperazine rings is 1. The molecule has 2 rings (SSSR count). The van der Waals surface area contributed by atoms with E-state index in [9.17, 15) is 4.79 Å². The van der Waals surface area contributed by atoms with E-state index in [1.165, 1.54) is 0 Å². The quantitative estimate of drug-likeness (QED) is 0.851. The van der Waals surface area contributed by atoms with Crippen molar-refractivity contribution in [3.05, 3.63) is 11.7 Å². The van der Waals surface area contributed by atoms with E-state index >= 15 is 0 Å². The first-order valence-electron chi connectivity index (χ1n) is 7.05. The van der Waals surface area contributed by atoms with Crippen molar-refractivity contribution in [2.24, 2.45) is 0 Å². The van der Waals surface area contributed by atoms with Gasteiger partial charge in [-0.05, 0) is 7.05 Å². The van der Waals surface area contributed by atoms with Gasteiger partial charge in [-0.3, -0.25) is 9.69 Å². The van der Waals surface area contributed by atoms with Gasteiger partial charge in [0.15, 0.2) is 5.82 Å². The van der Waals surface area contributed by atoms with Crippen molar-refractivity contribution >= 4 is 18.3 Å². The number of hydrogen-bond donors (Lipinski definition) is 1. The monoisotopic (exact) mass is 317 g/mol. The van der Waals surface area contributed by atoms with Crippen LogP contribution in [0, 0.1) is 0 Å². The smallest absolute Gasteiger partial charge is 0.236 e. The van der Waals surface area contributed by atoms with Gasteiger partial charge in [-0.25, -0.2) is 0 Å². The molecule has 1 aliphatic rings. The number of nitrogens with zero attached hydrogens (tertiary/aromatic N) is 4. The van der Waals surface area contributed by atoms with Crippen molar-refractivity contribution in [2.75, 3.05) is 39.8 Å². The van der Waals surface area contributed by atoms with Crippen molar-refractivity contribution in [3.8, 4) is 0 Å². The van der Waals surface area contributed by atoms with E-state index in [-0.39, 0.29) is 24.2 Å². The summed E-state index contributed by atoms with van der Waals surface area (Å²) >= 11 is 0.